The molecule has 2 rings (SSSR count). The van der Waals surface area contributed by atoms with E-state index in [9.17, 15) is 4.79 Å². The van der Waals surface area contributed by atoms with Crippen LogP contribution in [0.1, 0.15) is 22.8 Å². The van der Waals surface area contributed by atoms with Crippen LogP contribution in [-0.2, 0) is 6.42 Å². The van der Waals surface area contributed by atoms with Gasteiger partial charge in [0.25, 0.3) is 5.91 Å². The average molecular weight is 496 g/mol. The maximum absolute atomic E-state index is 12.0. The summed E-state index contributed by atoms with van der Waals surface area (Å²) in [6.45, 7) is 4.62. The second-order valence-corrected chi connectivity index (χ2v) is 5.91. The van der Waals surface area contributed by atoms with Crippen LogP contribution in [0, 0.1) is 0 Å². The number of hydrogen-bond acceptors (Lipinski definition) is 3. The summed E-state index contributed by atoms with van der Waals surface area (Å²) in [5.41, 5.74) is 1.88. The topological polar surface area (TPSA) is 74.8 Å². The third kappa shape index (κ3) is 8.60. The standard InChI is InChI=1S/C21H28N4O2.HI/c1-3-22-21(24-14-13-17-9-11-19(27-2)12-10-17)25-16-15-23-20(26)18-7-5-4-6-8-18;/h4-12H,3,13-16H2,1-2H3,(H,23,26)(H2,22,24,25);1H. The van der Waals surface area contributed by atoms with Gasteiger partial charge >= 0.3 is 0 Å². The van der Waals surface area contributed by atoms with Crippen LogP contribution in [0.5, 0.6) is 5.75 Å². The number of halogens is 1. The number of hydrogen-bond donors (Lipinski definition) is 3. The van der Waals surface area contributed by atoms with Crippen molar-refractivity contribution in [2.24, 2.45) is 4.99 Å². The first-order valence-corrected chi connectivity index (χ1v) is 9.21. The van der Waals surface area contributed by atoms with Gasteiger partial charge in [0.1, 0.15) is 5.75 Å². The number of carbonyl (C=O) groups excluding carboxylic acids is 1. The fourth-order valence-corrected chi connectivity index (χ4v) is 2.48. The number of amides is 1. The van der Waals surface area contributed by atoms with E-state index in [1.807, 2.05) is 49.4 Å². The minimum Gasteiger partial charge on any atom is -0.497 e. The van der Waals surface area contributed by atoms with Crippen molar-refractivity contribution in [3.8, 4) is 5.75 Å². The van der Waals surface area contributed by atoms with Crippen LogP contribution in [0.3, 0.4) is 0 Å². The zero-order chi connectivity index (χ0) is 19.3. The Hall–Kier alpha value is -2.29. The molecule has 2 aromatic rings. The number of nitrogens with zero attached hydrogens (tertiary/aromatic N) is 1. The molecule has 0 aliphatic heterocycles. The summed E-state index contributed by atoms with van der Waals surface area (Å²) in [5, 5.41) is 9.34. The molecule has 0 saturated heterocycles. The monoisotopic (exact) mass is 496 g/mol. The molecule has 0 aromatic heterocycles. The van der Waals surface area contributed by atoms with Gasteiger partial charge in [-0.25, -0.2) is 0 Å². The third-order valence-electron chi connectivity index (χ3n) is 3.91. The summed E-state index contributed by atoms with van der Waals surface area (Å²) < 4.78 is 5.17. The van der Waals surface area contributed by atoms with E-state index in [1.54, 1.807) is 19.2 Å². The van der Waals surface area contributed by atoms with Gasteiger partial charge < -0.3 is 20.7 Å². The van der Waals surface area contributed by atoms with Crippen molar-refractivity contribution in [1.29, 1.82) is 0 Å². The molecule has 0 saturated carbocycles. The maximum Gasteiger partial charge on any atom is 0.251 e. The van der Waals surface area contributed by atoms with Crippen molar-refractivity contribution < 1.29 is 9.53 Å². The highest BCUT2D eigenvalue weighted by Crippen LogP contribution is 2.11. The Labute approximate surface area is 184 Å². The summed E-state index contributed by atoms with van der Waals surface area (Å²) in [7, 11) is 1.66. The molecular formula is C21H29IN4O2. The van der Waals surface area contributed by atoms with Crippen LogP contribution in [-0.4, -0.2) is 45.2 Å². The minimum absolute atomic E-state index is 0. The molecule has 0 fully saturated rings. The van der Waals surface area contributed by atoms with Crippen molar-refractivity contribution in [1.82, 2.24) is 16.0 Å². The van der Waals surface area contributed by atoms with E-state index in [0.717, 1.165) is 24.7 Å². The summed E-state index contributed by atoms with van der Waals surface area (Å²) in [5.74, 6) is 1.54. The normalized spacial score (nSPS) is 10.6. The lowest BCUT2D eigenvalue weighted by Crippen LogP contribution is -2.41. The van der Waals surface area contributed by atoms with Crippen molar-refractivity contribution in [3.05, 3.63) is 65.7 Å². The number of nitrogens with one attached hydrogen (secondary N) is 3. The van der Waals surface area contributed by atoms with Crippen molar-refractivity contribution in [2.75, 3.05) is 33.3 Å². The molecule has 3 N–H and O–H groups in total. The summed E-state index contributed by atoms with van der Waals surface area (Å²) >= 11 is 0. The lowest BCUT2D eigenvalue weighted by Gasteiger charge is -2.12. The molecule has 1 amide bonds. The van der Waals surface area contributed by atoms with Gasteiger partial charge in [-0.2, -0.15) is 0 Å². The first kappa shape index (κ1) is 23.7. The molecule has 2 aromatic carbocycles. The minimum atomic E-state index is -0.0705. The smallest absolute Gasteiger partial charge is 0.251 e. The lowest BCUT2D eigenvalue weighted by atomic mass is 10.1. The molecule has 0 atom stereocenters. The van der Waals surface area contributed by atoms with Crippen LogP contribution >= 0.6 is 24.0 Å². The molecule has 0 heterocycles. The quantitative estimate of drug-likeness (QED) is 0.216. The summed E-state index contributed by atoms with van der Waals surface area (Å²) in [6, 6.07) is 17.2. The van der Waals surface area contributed by atoms with Gasteiger partial charge in [-0.05, 0) is 43.2 Å². The molecule has 28 heavy (non-hydrogen) atoms. The maximum atomic E-state index is 12.0. The Kier molecular flexibility index (Phi) is 11.7. The molecule has 0 unspecified atom stereocenters. The third-order valence-corrected chi connectivity index (χ3v) is 3.91. The van der Waals surface area contributed by atoms with Crippen LogP contribution in [0.25, 0.3) is 0 Å². The summed E-state index contributed by atoms with van der Waals surface area (Å²) in [6.07, 6.45) is 0.852. The van der Waals surface area contributed by atoms with Gasteiger partial charge in [0.15, 0.2) is 5.96 Å². The lowest BCUT2D eigenvalue weighted by molar-refractivity contribution is 0.0954. The Bertz CT molecular complexity index is 721. The predicted molar refractivity (Wildman–Crippen MR) is 125 cm³/mol. The molecule has 152 valence electrons. The van der Waals surface area contributed by atoms with E-state index in [4.69, 9.17) is 4.74 Å². The second-order valence-electron chi connectivity index (χ2n) is 5.91. The van der Waals surface area contributed by atoms with E-state index in [2.05, 4.69) is 20.9 Å². The second kappa shape index (κ2) is 13.8. The summed E-state index contributed by atoms with van der Waals surface area (Å²) in [4.78, 5) is 16.6. The number of methoxy groups -OCH3 is 1. The number of ether oxygens (including phenoxy) is 1. The van der Waals surface area contributed by atoms with E-state index in [-0.39, 0.29) is 29.9 Å². The number of guanidine groups is 1. The van der Waals surface area contributed by atoms with Gasteiger partial charge in [-0.15, -0.1) is 24.0 Å². The van der Waals surface area contributed by atoms with Gasteiger partial charge in [0.2, 0.25) is 0 Å². The van der Waals surface area contributed by atoms with Crippen LogP contribution < -0.4 is 20.7 Å². The molecular weight excluding hydrogens is 467 g/mol. The van der Waals surface area contributed by atoms with Crippen molar-refractivity contribution in [3.63, 3.8) is 0 Å². The van der Waals surface area contributed by atoms with Crippen LogP contribution in [0.15, 0.2) is 59.6 Å². The molecule has 6 nitrogen and oxygen atoms in total. The van der Waals surface area contributed by atoms with Gasteiger partial charge in [-0.3, -0.25) is 9.79 Å². The molecule has 0 bridgehead atoms. The van der Waals surface area contributed by atoms with E-state index in [0.29, 0.717) is 25.2 Å². The highest BCUT2D eigenvalue weighted by Gasteiger charge is 2.03. The van der Waals surface area contributed by atoms with E-state index in [1.165, 1.54) is 5.56 Å². The van der Waals surface area contributed by atoms with Crippen molar-refractivity contribution in [2.45, 2.75) is 13.3 Å². The highest BCUT2D eigenvalue weighted by atomic mass is 127. The SMILES string of the molecule is CCNC(=NCCc1ccc(OC)cc1)NCCNC(=O)c1ccccc1.I. The van der Waals surface area contributed by atoms with E-state index >= 15 is 0 Å². The van der Waals surface area contributed by atoms with Gasteiger partial charge in [0.05, 0.1) is 7.11 Å². The molecule has 0 aliphatic rings. The average Bonchev–Trinajstić information content (AvgIpc) is 2.72. The van der Waals surface area contributed by atoms with Crippen LogP contribution in [0.2, 0.25) is 0 Å². The zero-order valence-corrected chi connectivity index (χ0v) is 18.7. The van der Waals surface area contributed by atoms with E-state index < -0.39 is 0 Å². The van der Waals surface area contributed by atoms with Crippen LogP contribution in [0.4, 0.5) is 0 Å². The number of carbonyl (C=O) groups is 1. The van der Waals surface area contributed by atoms with Crippen molar-refractivity contribution >= 4 is 35.8 Å². The number of benzene rings is 2. The molecule has 0 spiro atoms. The molecule has 0 radical (unpaired) electrons. The largest absolute Gasteiger partial charge is 0.497 e. The fourth-order valence-electron chi connectivity index (χ4n) is 2.48. The number of aliphatic imine (C=N–C) groups is 1. The Morgan fingerprint density at radius 3 is 2.29 bits per heavy atom. The highest BCUT2D eigenvalue weighted by molar-refractivity contribution is 14.0. The molecule has 0 aliphatic carbocycles. The molecule has 7 heteroatoms. The number of rotatable bonds is 9. The predicted octanol–water partition coefficient (Wildman–Crippen LogP) is 2.84. The Morgan fingerprint density at radius 1 is 0.964 bits per heavy atom. The zero-order valence-electron chi connectivity index (χ0n) is 16.4. The Balaban J connectivity index is 0.00000392. The first-order chi connectivity index (χ1) is 13.2. The van der Waals surface area contributed by atoms with Gasteiger partial charge in [0, 0.05) is 31.7 Å². The fraction of sp³-hybridized carbons (Fsp3) is 0.333. The first-order valence-electron chi connectivity index (χ1n) is 9.21. The Morgan fingerprint density at radius 2 is 1.64 bits per heavy atom. The van der Waals surface area contributed by atoms with Gasteiger partial charge in [-0.1, -0.05) is 30.3 Å².